The van der Waals surface area contributed by atoms with E-state index in [2.05, 4.69) is 331 Å². The number of para-hydroxylation sites is 3. The summed E-state index contributed by atoms with van der Waals surface area (Å²) >= 11 is 5.43. The Bertz CT molecular complexity index is 6180. The van der Waals surface area contributed by atoms with E-state index in [0.29, 0.717) is 0 Å². The first-order valence-electron chi connectivity index (χ1n) is 36.7. The van der Waals surface area contributed by atoms with Crippen LogP contribution in [0.3, 0.4) is 0 Å². The summed E-state index contributed by atoms with van der Waals surface area (Å²) in [6.45, 7) is 13.3. The number of fused-ring (bicyclic) bond motifs is 6. The van der Waals surface area contributed by atoms with E-state index in [0.717, 1.165) is 49.6 Å². The molecule has 0 radical (unpaired) electrons. The van der Waals surface area contributed by atoms with E-state index in [9.17, 15) is 0 Å². The number of aryl methyl sites for hydroxylation is 6. The monoisotopic (exact) mass is 1440 g/mol. The third-order valence-corrected chi connectivity index (χ3v) is 24.7. The molecule has 14 aromatic carbocycles. The number of hydrogen-bond acceptors (Lipinski definition) is 6. The average Bonchev–Trinajstić information content (AvgIpc) is 1.07. The highest BCUT2D eigenvalue weighted by molar-refractivity contribution is 7.18. The van der Waals surface area contributed by atoms with E-state index >= 15 is 0 Å². The Labute approximate surface area is 640 Å². The van der Waals surface area contributed by atoms with Gasteiger partial charge in [0.2, 0.25) is 0 Å². The van der Waals surface area contributed by atoms with Gasteiger partial charge in [0.15, 0.2) is 0 Å². The quantitative estimate of drug-likeness (QED) is 0.122. The van der Waals surface area contributed by atoms with Crippen molar-refractivity contribution in [3.63, 3.8) is 0 Å². The second-order valence-corrected chi connectivity index (χ2v) is 31.4. The summed E-state index contributed by atoms with van der Waals surface area (Å²) in [4.78, 5) is 0. The van der Waals surface area contributed by atoms with Crippen LogP contribution in [0.25, 0.3) is 197 Å². The molecule has 0 spiro atoms. The molecule has 0 unspecified atom stereocenters. The van der Waals surface area contributed by atoms with Gasteiger partial charge >= 0.3 is 0 Å². The molecule has 0 N–H and O–H groups in total. The molecule has 108 heavy (non-hydrogen) atoms. The van der Waals surface area contributed by atoms with Gasteiger partial charge in [0.25, 0.3) is 0 Å². The summed E-state index contributed by atoms with van der Waals surface area (Å²) in [6, 6.07) is 107. The highest BCUT2D eigenvalue weighted by Gasteiger charge is 2.21. The number of hydrogen-bond donors (Lipinski definition) is 0. The fourth-order valence-electron chi connectivity index (χ4n) is 16.3. The first-order valence-corrected chi connectivity index (χ1v) is 39.4. The molecule has 0 bridgehead atoms. The SMILES string of the molecule is Cc1cc(-c2cccc3ccoc23)c(C)cc1-c1cc(-c2cc(C)c(-c3cccc4ccoc34)cc2C)cc(-c2cc(C)c(-c3cccc4ccoc34)cc2C)c1.c1cc(-c2ccc(-c3cc(-c4ccc(-c5cccc6ccsc56)cc4)cc(-c4ccc(-c5cccc6ccsc56)cc4)c3)cc2)c2sccc2c1. The van der Waals surface area contributed by atoms with E-state index in [1.54, 1.807) is 18.8 Å². The van der Waals surface area contributed by atoms with Crippen molar-refractivity contribution in [3.05, 3.63) is 359 Å². The fraction of sp³-hybridized carbons (Fsp3) is 0.0588. The van der Waals surface area contributed by atoms with Crippen LogP contribution in [0.15, 0.2) is 339 Å². The van der Waals surface area contributed by atoms with Gasteiger partial charge in [-0.2, -0.15) is 0 Å². The van der Waals surface area contributed by atoms with Gasteiger partial charge in [-0.3, -0.25) is 0 Å². The first kappa shape index (κ1) is 66.3. The van der Waals surface area contributed by atoms with Crippen molar-refractivity contribution in [1.82, 2.24) is 0 Å². The van der Waals surface area contributed by atoms with Gasteiger partial charge in [0.1, 0.15) is 16.7 Å². The maximum Gasteiger partial charge on any atom is 0.141 e. The number of furan rings is 3. The molecule has 0 saturated heterocycles. The maximum absolute atomic E-state index is 5.98. The zero-order valence-corrected chi connectivity index (χ0v) is 63.1. The minimum Gasteiger partial charge on any atom is -0.464 e. The highest BCUT2D eigenvalue weighted by Crippen LogP contribution is 2.46. The lowest BCUT2D eigenvalue weighted by Crippen LogP contribution is -1.95. The number of benzene rings is 14. The van der Waals surface area contributed by atoms with Crippen molar-refractivity contribution in [3.8, 4) is 134 Å². The Morgan fingerprint density at radius 3 is 0.694 bits per heavy atom. The van der Waals surface area contributed by atoms with Gasteiger partial charge in [-0.1, -0.05) is 218 Å². The average molecular weight is 1440 g/mol. The molecule has 516 valence electrons. The van der Waals surface area contributed by atoms with E-state index in [-0.39, 0.29) is 0 Å². The molecule has 0 aliphatic rings. The third-order valence-electron chi connectivity index (χ3n) is 21.8. The summed E-state index contributed by atoms with van der Waals surface area (Å²) in [5, 5.41) is 13.8. The largest absolute Gasteiger partial charge is 0.464 e. The van der Waals surface area contributed by atoms with Gasteiger partial charge in [-0.05, 0) is 297 Å². The van der Waals surface area contributed by atoms with Crippen molar-refractivity contribution in [2.24, 2.45) is 0 Å². The Hall–Kier alpha value is -12.4. The Morgan fingerprint density at radius 1 is 0.176 bits per heavy atom. The molecule has 6 aromatic heterocycles. The van der Waals surface area contributed by atoms with E-state index < -0.39 is 0 Å². The smallest absolute Gasteiger partial charge is 0.141 e. The Balaban J connectivity index is 0.000000148. The van der Waals surface area contributed by atoms with Crippen molar-refractivity contribution in [2.45, 2.75) is 41.5 Å². The predicted molar refractivity (Wildman–Crippen MR) is 462 cm³/mol. The lowest BCUT2D eigenvalue weighted by atomic mass is 9.85. The molecule has 0 aliphatic heterocycles. The molecule has 20 aromatic rings. The van der Waals surface area contributed by atoms with Crippen LogP contribution < -0.4 is 0 Å². The van der Waals surface area contributed by atoms with Gasteiger partial charge in [-0.15, -0.1) is 34.0 Å². The maximum atomic E-state index is 5.98. The van der Waals surface area contributed by atoms with Gasteiger partial charge in [0, 0.05) is 46.9 Å². The predicted octanol–water partition coefficient (Wildman–Crippen LogP) is 31.1. The third kappa shape index (κ3) is 12.1. The van der Waals surface area contributed by atoms with Crippen LogP contribution in [-0.2, 0) is 0 Å². The molecule has 20 rings (SSSR count). The molecule has 6 heteroatoms. The topological polar surface area (TPSA) is 39.4 Å². The van der Waals surface area contributed by atoms with Crippen molar-refractivity contribution in [2.75, 3.05) is 0 Å². The summed E-state index contributed by atoms with van der Waals surface area (Å²) in [7, 11) is 0. The molecule has 0 amide bonds. The minimum absolute atomic E-state index is 0.923. The van der Waals surface area contributed by atoms with Crippen LogP contribution in [0.2, 0.25) is 0 Å². The van der Waals surface area contributed by atoms with Crippen molar-refractivity contribution >= 4 is 97.2 Å². The van der Waals surface area contributed by atoms with Gasteiger partial charge in [-0.25, -0.2) is 0 Å². The van der Waals surface area contributed by atoms with Crippen LogP contribution >= 0.6 is 34.0 Å². The Morgan fingerprint density at radius 2 is 0.407 bits per heavy atom. The van der Waals surface area contributed by atoms with Crippen LogP contribution in [0.4, 0.5) is 0 Å². The highest BCUT2D eigenvalue weighted by atomic mass is 32.1. The molecule has 0 atom stereocenters. The van der Waals surface area contributed by atoms with Gasteiger partial charge < -0.3 is 13.3 Å². The number of rotatable bonds is 12. The summed E-state index contributed by atoms with van der Waals surface area (Å²) in [5.74, 6) is 0. The summed E-state index contributed by atoms with van der Waals surface area (Å²) < 4.78 is 22.0. The lowest BCUT2D eigenvalue weighted by molar-refractivity contribution is 0.616. The number of thiophene rings is 3. The lowest BCUT2D eigenvalue weighted by Gasteiger charge is -2.19. The van der Waals surface area contributed by atoms with Crippen LogP contribution in [0.5, 0.6) is 0 Å². The zero-order valence-electron chi connectivity index (χ0n) is 60.6. The molecule has 6 heterocycles. The second kappa shape index (κ2) is 27.5. The van der Waals surface area contributed by atoms with E-state index in [4.69, 9.17) is 13.3 Å². The first-order chi connectivity index (χ1) is 53.0. The normalized spacial score (nSPS) is 11.6. The molecule has 0 saturated carbocycles. The fourth-order valence-corrected chi connectivity index (χ4v) is 19.1. The Kier molecular flexibility index (Phi) is 16.9. The van der Waals surface area contributed by atoms with E-state index in [1.807, 2.05) is 52.2 Å². The molecular formula is C102H72O3S3. The second-order valence-electron chi connectivity index (χ2n) is 28.6. The van der Waals surface area contributed by atoms with E-state index in [1.165, 1.54) is 180 Å². The van der Waals surface area contributed by atoms with Gasteiger partial charge in [0.05, 0.1) is 18.8 Å². The summed E-state index contributed by atoms with van der Waals surface area (Å²) in [6.07, 6.45) is 5.33. The zero-order chi connectivity index (χ0) is 72.7. The van der Waals surface area contributed by atoms with Crippen LogP contribution in [0.1, 0.15) is 33.4 Å². The minimum atomic E-state index is 0.923. The van der Waals surface area contributed by atoms with Crippen molar-refractivity contribution < 1.29 is 13.3 Å². The molecule has 0 aliphatic carbocycles. The molecular weight excluding hydrogens is 1370 g/mol. The van der Waals surface area contributed by atoms with Crippen LogP contribution in [-0.4, -0.2) is 0 Å². The summed E-state index contributed by atoms with van der Waals surface area (Å²) in [5.41, 5.74) is 39.1. The van der Waals surface area contributed by atoms with Crippen molar-refractivity contribution in [1.29, 1.82) is 0 Å². The van der Waals surface area contributed by atoms with Crippen LogP contribution in [0, 0.1) is 41.5 Å². The molecule has 0 fully saturated rings. The molecule has 3 nitrogen and oxygen atoms in total. The standard InChI is InChI=1S/C54H42O3.C48H30S3/c1-31-25-49(43-13-7-10-37-16-19-55-52(37)43)34(4)22-46(31)40-28-41(47-23-35(5)50(26-32(47)2)44-14-8-11-38-17-20-56-53(38)44)30-42(29-40)48-24-36(6)51(27-33(48)3)45-15-9-12-39-18-21-57-54(39)45;1-4-37-22-25-49-46(37)43(7-1)34-16-10-31(11-17-34)40-28-41(32-12-18-35(19-13-32)44-8-2-5-38-23-26-50-47(38)44)30-42(29-40)33-14-20-36(21-15-33)45-9-3-6-39-24-27-51-48(39)45/h7-30H,1-6H3;1-30H.